The van der Waals surface area contributed by atoms with Gasteiger partial charge in [0.25, 0.3) is 15.7 Å². The Morgan fingerprint density at radius 3 is 2.60 bits per heavy atom. The van der Waals surface area contributed by atoms with Crippen molar-refractivity contribution in [2.75, 3.05) is 10.0 Å². The van der Waals surface area contributed by atoms with E-state index in [9.17, 15) is 18.5 Å². The zero-order chi connectivity index (χ0) is 25.1. The van der Waals surface area contributed by atoms with Gasteiger partial charge in [-0.1, -0.05) is 48.6 Å². The van der Waals surface area contributed by atoms with Crippen LogP contribution in [0, 0.1) is 10.1 Å². The molecule has 0 fully saturated rings. The maximum absolute atomic E-state index is 15.6. The number of hydrogen-bond acceptors (Lipinski definition) is 7. The number of hydrogen-bond donors (Lipinski definition) is 2. The summed E-state index contributed by atoms with van der Waals surface area (Å²) in [5, 5.41) is 13.8. The Balaban J connectivity index is 1.46. The van der Waals surface area contributed by atoms with E-state index in [2.05, 4.69) is 20.0 Å². The number of nitrogens with one attached hydrogen (secondary N) is 2. The van der Waals surface area contributed by atoms with E-state index in [0.29, 0.717) is 0 Å². The molecule has 0 amide bonds. The van der Waals surface area contributed by atoms with Crippen LogP contribution in [0.1, 0.15) is 18.9 Å². The molecule has 4 rings (SSSR count). The molecule has 11 heteroatoms. The van der Waals surface area contributed by atoms with Crippen LogP contribution in [0.3, 0.4) is 0 Å². The highest BCUT2D eigenvalue weighted by Crippen LogP contribution is 2.33. The summed E-state index contributed by atoms with van der Waals surface area (Å²) in [5.74, 6) is -0.0421. The molecule has 0 bridgehead atoms. The Labute approximate surface area is 201 Å². The number of non-ortho nitro benzene ring substituents is 1. The predicted octanol–water partition coefficient (Wildman–Crippen LogP) is 4.74. The average Bonchev–Trinajstić information content (AvgIpc) is 2.85. The summed E-state index contributed by atoms with van der Waals surface area (Å²) in [4.78, 5) is 18.2. The smallest absolute Gasteiger partial charge is 0.270 e. The first-order chi connectivity index (χ1) is 16.7. The third kappa shape index (κ3) is 5.52. The number of sulfonamides is 1. The molecule has 3 aromatic rings. The molecule has 2 atom stereocenters. The lowest BCUT2D eigenvalue weighted by atomic mass is 9.86. The van der Waals surface area contributed by atoms with Gasteiger partial charge in [-0.15, -0.1) is 0 Å². The Kier molecular flexibility index (Phi) is 6.61. The van der Waals surface area contributed by atoms with Gasteiger partial charge < -0.3 is 5.32 Å². The molecule has 0 radical (unpaired) electrons. The molecule has 2 unspecified atom stereocenters. The fraction of sp³-hybridized carbons (Fsp3) is 0.167. The van der Waals surface area contributed by atoms with Gasteiger partial charge in [0.05, 0.1) is 15.9 Å². The van der Waals surface area contributed by atoms with Crippen LogP contribution in [0.15, 0.2) is 90.0 Å². The van der Waals surface area contributed by atoms with E-state index in [0.717, 1.165) is 17.2 Å². The van der Waals surface area contributed by atoms with E-state index >= 15 is 4.39 Å². The number of nitro benzene ring substituents is 1. The molecule has 1 aromatic heterocycles. The molecule has 180 valence electrons. The Hall–Kier alpha value is -4.12. The zero-order valence-corrected chi connectivity index (χ0v) is 19.4. The number of aromatic nitrogens is 2. The molecule has 9 nitrogen and oxygen atoms in total. The molecular weight excluding hydrogens is 473 g/mol. The highest BCUT2D eigenvalue weighted by atomic mass is 32.2. The second-order valence-electron chi connectivity index (χ2n) is 7.98. The summed E-state index contributed by atoms with van der Waals surface area (Å²) in [6, 6.07) is 14.9. The maximum atomic E-state index is 15.6. The van der Waals surface area contributed by atoms with Crippen molar-refractivity contribution >= 4 is 33.0 Å². The summed E-state index contributed by atoms with van der Waals surface area (Å²) in [5.41, 5.74) is -0.136. The van der Waals surface area contributed by atoms with E-state index in [1.54, 1.807) is 13.0 Å². The first-order valence-electron chi connectivity index (χ1n) is 10.7. The number of allylic oxidation sites excluding steroid dienone is 3. The first-order valence-corrected chi connectivity index (χ1v) is 12.2. The van der Waals surface area contributed by atoms with Crippen molar-refractivity contribution in [2.24, 2.45) is 0 Å². The maximum Gasteiger partial charge on any atom is 0.270 e. The normalized spacial score (nSPS) is 18.4. The van der Waals surface area contributed by atoms with Gasteiger partial charge in [-0.3, -0.25) is 14.8 Å². The molecule has 0 saturated heterocycles. The third-order valence-corrected chi connectivity index (χ3v) is 6.93. The topological polar surface area (TPSA) is 127 Å². The largest absolute Gasteiger partial charge is 0.348 e. The number of halogens is 1. The fourth-order valence-corrected chi connectivity index (χ4v) is 4.60. The van der Waals surface area contributed by atoms with Crippen LogP contribution >= 0.6 is 0 Å². The highest BCUT2D eigenvalue weighted by Gasteiger charge is 2.35. The van der Waals surface area contributed by atoms with Crippen molar-refractivity contribution in [1.29, 1.82) is 0 Å². The number of benzene rings is 2. The standard InChI is InChI=1S/C24H22FN5O4S/c1-17(24(25)13-10-19(11-14-24)18-6-3-2-4-7-18)27-23-26-15-12-22(28-23)29-35(33,34)21-9-5-8-20(16-21)30(31)32/h2-13,15-17H,14H2,1H3,(H2,26,27,28,29). The SMILES string of the molecule is CC(Nc1nccc(NS(=O)(=O)c2cccc([N+](=O)[O-])c2)n1)C1(F)C=CC(c2ccccc2)=CC1. The van der Waals surface area contributed by atoms with E-state index in [1.807, 2.05) is 36.4 Å². The second-order valence-corrected chi connectivity index (χ2v) is 9.66. The first kappa shape index (κ1) is 24.0. The highest BCUT2D eigenvalue weighted by molar-refractivity contribution is 7.92. The minimum Gasteiger partial charge on any atom is -0.348 e. The lowest BCUT2D eigenvalue weighted by Gasteiger charge is -2.31. The molecule has 1 aliphatic carbocycles. The lowest BCUT2D eigenvalue weighted by Crippen LogP contribution is -2.40. The number of alkyl halides is 1. The van der Waals surface area contributed by atoms with Crippen LogP contribution in [0.5, 0.6) is 0 Å². The van der Waals surface area contributed by atoms with Gasteiger partial charge >= 0.3 is 0 Å². The molecule has 2 aromatic carbocycles. The average molecular weight is 496 g/mol. The minimum absolute atomic E-state index is 0.0278. The quantitative estimate of drug-likeness (QED) is 0.341. The Bertz CT molecular complexity index is 1410. The van der Waals surface area contributed by atoms with E-state index in [4.69, 9.17) is 0 Å². The van der Waals surface area contributed by atoms with Crippen LogP contribution in [0.4, 0.5) is 21.8 Å². The van der Waals surface area contributed by atoms with Gasteiger partial charge in [0.15, 0.2) is 5.67 Å². The monoisotopic (exact) mass is 495 g/mol. The molecule has 2 N–H and O–H groups in total. The molecule has 0 aliphatic heterocycles. The van der Waals surface area contributed by atoms with Crippen molar-refractivity contribution < 1.29 is 17.7 Å². The van der Waals surface area contributed by atoms with Crippen molar-refractivity contribution in [3.05, 3.63) is 101 Å². The van der Waals surface area contributed by atoms with Gasteiger partial charge in [0.1, 0.15) is 5.82 Å². The van der Waals surface area contributed by atoms with Crippen LogP contribution in [0.2, 0.25) is 0 Å². The summed E-state index contributed by atoms with van der Waals surface area (Å²) >= 11 is 0. The van der Waals surface area contributed by atoms with E-state index in [1.165, 1.54) is 36.5 Å². The van der Waals surface area contributed by atoms with Crippen molar-refractivity contribution in [3.8, 4) is 0 Å². The molecule has 1 heterocycles. The predicted molar refractivity (Wildman–Crippen MR) is 131 cm³/mol. The Morgan fingerprint density at radius 1 is 1.14 bits per heavy atom. The summed E-state index contributed by atoms with van der Waals surface area (Å²) < 4.78 is 43.2. The van der Waals surface area contributed by atoms with Crippen LogP contribution in [0.25, 0.3) is 5.57 Å². The van der Waals surface area contributed by atoms with Gasteiger partial charge in [-0.05, 0) is 36.3 Å². The molecule has 0 spiro atoms. The van der Waals surface area contributed by atoms with Crippen LogP contribution in [-0.2, 0) is 10.0 Å². The molecule has 0 saturated carbocycles. The number of anilines is 2. The zero-order valence-electron chi connectivity index (χ0n) is 18.6. The lowest BCUT2D eigenvalue weighted by molar-refractivity contribution is -0.385. The summed E-state index contributed by atoms with van der Waals surface area (Å²) in [6.07, 6.45) is 6.53. The molecule has 35 heavy (non-hydrogen) atoms. The van der Waals surface area contributed by atoms with Crippen molar-refractivity contribution in [1.82, 2.24) is 9.97 Å². The van der Waals surface area contributed by atoms with Gasteiger partial charge in [0, 0.05) is 24.8 Å². The molecule has 1 aliphatic rings. The fourth-order valence-electron chi connectivity index (χ4n) is 3.56. The van der Waals surface area contributed by atoms with E-state index in [-0.39, 0.29) is 28.8 Å². The van der Waals surface area contributed by atoms with Gasteiger partial charge in [-0.25, -0.2) is 17.8 Å². The van der Waals surface area contributed by atoms with Gasteiger partial charge in [0.2, 0.25) is 5.95 Å². The summed E-state index contributed by atoms with van der Waals surface area (Å²) in [6.45, 7) is 1.65. The van der Waals surface area contributed by atoms with Crippen molar-refractivity contribution in [2.45, 2.75) is 30.0 Å². The minimum atomic E-state index is -4.15. The number of nitrogens with zero attached hydrogens (tertiary/aromatic N) is 3. The summed E-state index contributed by atoms with van der Waals surface area (Å²) in [7, 11) is -4.15. The Morgan fingerprint density at radius 2 is 1.91 bits per heavy atom. The van der Waals surface area contributed by atoms with Gasteiger partial charge in [-0.2, -0.15) is 4.98 Å². The van der Waals surface area contributed by atoms with Crippen LogP contribution < -0.4 is 10.0 Å². The van der Waals surface area contributed by atoms with Crippen LogP contribution in [-0.4, -0.2) is 35.0 Å². The van der Waals surface area contributed by atoms with E-state index < -0.39 is 26.7 Å². The third-order valence-electron chi connectivity index (χ3n) is 5.58. The van der Waals surface area contributed by atoms with Crippen molar-refractivity contribution in [3.63, 3.8) is 0 Å². The second kappa shape index (κ2) is 9.63. The number of rotatable bonds is 8. The molecular formula is C24H22FN5O4S. The number of nitro groups is 1.